The summed E-state index contributed by atoms with van der Waals surface area (Å²) in [5, 5.41) is 2.58. The molecule has 0 aliphatic heterocycles. The first-order valence-corrected chi connectivity index (χ1v) is 4.61. The SMILES string of the molecule is CCN(C)C(=O)Nc1ccc(F)cc1N. The molecule has 0 radical (unpaired) electrons. The molecule has 0 fully saturated rings. The number of nitrogens with zero attached hydrogens (tertiary/aromatic N) is 1. The van der Waals surface area contributed by atoms with E-state index >= 15 is 0 Å². The number of amides is 2. The number of hydrogen-bond donors (Lipinski definition) is 2. The van der Waals surface area contributed by atoms with Crippen molar-refractivity contribution in [3.8, 4) is 0 Å². The summed E-state index contributed by atoms with van der Waals surface area (Å²) in [5.74, 6) is -0.422. The molecule has 0 aliphatic rings. The minimum atomic E-state index is -0.422. The summed E-state index contributed by atoms with van der Waals surface area (Å²) in [6, 6.07) is 3.58. The van der Waals surface area contributed by atoms with Gasteiger partial charge < -0.3 is 16.0 Å². The third-order valence-electron chi connectivity index (χ3n) is 2.08. The average Bonchev–Trinajstić information content (AvgIpc) is 2.20. The molecule has 82 valence electrons. The molecule has 0 spiro atoms. The zero-order valence-corrected chi connectivity index (χ0v) is 8.75. The van der Waals surface area contributed by atoms with Crippen LogP contribution in [0, 0.1) is 5.82 Å². The maximum atomic E-state index is 12.7. The van der Waals surface area contributed by atoms with Gasteiger partial charge in [-0.2, -0.15) is 0 Å². The fourth-order valence-electron chi connectivity index (χ4n) is 1.00. The minimum absolute atomic E-state index is 0.216. The number of halogens is 1. The highest BCUT2D eigenvalue weighted by Crippen LogP contribution is 2.19. The van der Waals surface area contributed by atoms with Crippen LogP contribution in [-0.4, -0.2) is 24.5 Å². The van der Waals surface area contributed by atoms with Gasteiger partial charge in [-0.25, -0.2) is 9.18 Å². The van der Waals surface area contributed by atoms with Crippen molar-refractivity contribution in [1.29, 1.82) is 0 Å². The van der Waals surface area contributed by atoms with Crippen LogP contribution in [0.15, 0.2) is 18.2 Å². The van der Waals surface area contributed by atoms with Crippen molar-refractivity contribution < 1.29 is 9.18 Å². The predicted molar refractivity (Wildman–Crippen MR) is 58.1 cm³/mol. The molecule has 0 atom stereocenters. The fourth-order valence-corrected chi connectivity index (χ4v) is 1.00. The molecule has 0 aliphatic carbocycles. The van der Waals surface area contributed by atoms with E-state index in [1.54, 1.807) is 7.05 Å². The van der Waals surface area contributed by atoms with Gasteiger partial charge in [0, 0.05) is 13.6 Å². The standard InChI is InChI=1S/C10H14FN3O/c1-3-14(2)10(15)13-9-5-4-7(11)6-8(9)12/h4-6H,3,12H2,1-2H3,(H,13,15). The van der Waals surface area contributed by atoms with Crippen LogP contribution in [0.1, 0.15) is 6.92 Å². The Morgan fingerprint density at radius 1 is 1.60 bits per heavy atom. The number of benzene rings is 1. The van der Waals surface area contributed by atoms with Gasteiger partial charge in [0.25, 0.3) is 0 Å². The number of nitrogens with two attached hydrogens (primary N) is 1. The summed E-state index contributed by atoms with van der Waals surface area (Å²) in [6.45, 7) is 2.44. The van der Waals surface area contributed by atoms with Crippen LogP contribution in [0.5, 0.6) is 0 Å². The summed E-state index contributed by atoms with van der Waals surface area (Å²) in [4.78, 5) is 12.9. The number of carbonyl (C=O) groups is 1. The lowest BCUT2D eigenvalue weighted by atomic mass is 10.2. The molecule has 1 aromatic carbocycles. The Labute approximate surface area is 87.9 Å². The summed E-state index contributed by atoms with van der Waals surface area (Å²) < 4.78 is 12.7. The van der Waals surface area contributed by atoms with Crippen LogP contribution in [0.3, 0.4) is 0 Å². The highest BCUT2D eigenvalue weighted by molar-refractivity contribution is 5.92. The van der Waals surface area contributed by atoms with Gasteiger partial charge in [-0.15, -0.1) is 0 Å². The molecule has 0 heterocycles. The second kappa shape index (κ2) is 4.63. The van der Waals surface area contributed by atoms with Crippen molar-refractivity contribution in [2.75, 3.05) is 24.6 Å². The number of carbonyl (C=O) groups excluding carboxylic acids is 1. The van der Waals surface area contributed by atoms with E-state index in [9.17, 15) is 9.18 Å². The quantitative estimate of drug-likeness (QED) is 0.734. The zero-order chi connectivity index (χ0) is 11.4. The second-order valence-electron chi connectivity index (χ2n) is 3.18. The van der Waals surface area contributed by atoms with E-state index in [-0.39, 0.29) is 11.7 Å². The molecule has 5 heteroatoms. The molecule has 0 unspecified atom stereocenters. The number of urea groups is 1. The topological polar surface area (TPSA) is 58.4 Å². The van der Waals surface area contributed by atoms with Crippen molar-refractivity contribution in [2.24, 2.45) is 0 Å². The molecule has 1 aromatic rings. The van der Waals surface area contributed by atoms with Gasteiger partial charge in [-0.1, -0.05) is 0 Å². The Balaban J connectivity index is 2.77. The van der Waals surface area contributed by atoms with Gasteiger partial charge in [0.2, 0.25) is 0 Å². The molecule has 0 saturated carbocycles. The first kappa shape index (κ1) is 11.3. The van der Waals surface area contributed by atoms with Crippen LogP contribution in [0.4, 0.5) is 20.6 Å². The Bertz CT molecular complexity index is 368. The van der Waals surface area contributed by atoms with Crippen LogP contribution in [0.2, 0.25) is 0 Å². The predicted octanol–water partition coefficient (Wildman–Crippen LogP) is 1.89. The van der Waals surface area contributed by atoms with E-state index in [0.717, 1.165) is 0 Å². The third-order valence-corrected chi connectivity index (χ3v) is 2.08. The number of hydrogen-bond acceptors (Lipinski definition) is 2. The van der Waals surface area contributed by atoms with Crippen molar-refractivity contribution in [3.63, 3.8) is 0 Å². The van der Waals surface area contributed by atoms with Gasteiger partial charge >= 0.3 is 6.03 Å². The fraction of sp³-hybridized carbons (Fsp3) is 0.300. The van der Waals surface area contributed by atoms with Gasteiger partial charge in [0.05, 0.1) is 11.4 Å². The van der Waals surface area contributed by atoms with Crippen molar-refractivity contribution >= 4 is 17.4 Å². The largest absolute Gasteiger partial charge is 0.397 e. The zero-order valence-electron chi connectivity index (χ0n) is 8.75. The number of anilines is 2. The van der Waals surface area contributed by atoms with E-state index in [4.69, 9.17) is 5.73 Å². The first-order valence-electron chi connectivity index (χ1n) is 4.61. The summed E-state index contributed by atoms with van der Waals surface area (Å²) in [5.41, 5.74) is 6.17. The molecule has 4 nitrogen and oxygen atoms in total. The van der Waals surface area contributed by atoms with E-state index in [0.29, 0.717) is 12.2 Å². The molecule has 3 N–H and O–H groups in total. The molecular formula is C10H14FN3O. The maximum absolute atomic E-state index is 12.7. The monoisotopic (exact) mass is 211 g/mol. The van der Waals surface area contributed by atoms with Gasteiger partial charge in [-0.05, 0) is 25.1 Å². The van der Waals surface area contributed by atoms with Crippen molar-refractivity contribution in [3.05, 3.63) is 24.0 Å². The molecular weight excluding hydrogens is 197 g/mol. The maximum Gasteiger partial charge on any atom is 0.321 e. The van der Waals surface area contributed by atoms with Gasteiger partial charge in [0.1, 0.15) is 5.82 Å². The smallest absolute Gasteiger partial charge is 0.321 e. The highest BCUT2D eigenvalue weighted by atomic mass is 19.1. The van der Waals surface area contributed by atoms with Crippen LogP contribution in [-0.2, 0) is 0 Å². The lowest BCUT2D eigenvalue weighted by molar-refractivity contribution is 0.224. The normalized spacial score (nSPS) is 9.80. The van der Waals surface area contributed by atoms with Crippen LogP contribution in [0.25, 0.3) is 0 Å². The van der Waals surface area contributed by atoms with Gasteiger partial charge in [0.15, 0.2) is 0 Å². The molecule has 0 bridgehead atoms. The Morgan fingerprint density at radius 3 is 2.80 bits per heavy atom. The van der Waals surface area contributed by atoms with Crippen molar-refractivity contribution in [2.45, 2.75) is 6.92 Å². The molecule has 1 rings (SSSR count). The molecule has 0 saturated heterocycles. The summed E-state index contributed by atoms with van der Waals surface area (Å²) in [6.07, 6.45) is 0. The summed E-state index contributed by atoms with van der Waals surface area (Å²) in [7, 11) is 1.66. The van der Waals surface area contributed by atoms with E-state index in [1.165, 1.54) is 23.1 Å². The lowest BCUT2D eigenvalue weighted by Crippen LogP contribution is -2.31. The van der Waals surface area contributed by atoms with E-state index < -0.39 is 5.82 Å². The highest BCUT2D eigenvalue weighted by Gasteiger charge is 2.08. The van der Waals surface area contributed by atoms with Crippen LogP contribution < -0.4 is 11.1 Å². The first-order chi connectivity index (χ1) is 7.04. The Kier molecular flexibility index (Phi) is 3.49. The molecule has 0 aromatic heterocycles. The van der Waals surface area contributed by atoms with Gasteiger partial charge in [-0.3, -0.25) is 0 Å². The molecule has 2 amide bonds. The van der Waals surface area contributed by atoms with E-state index in [1.807, 2.05) is 6.92 Å². The third kappa shape index (κ3) is 2.83. The number of nitrogen functional groups attached to an aromatic ring is 1. The number of nitrogens with one attached hydrogen (secondary N) is 1. The van der Waals surface area contributed by atoms with E-state index in [2.05, 4.69) is 5.32 Å². The van der Waals surface area contributed by atoms with Crippen LogP contribution >= 0.6 is 0 Å². The minimum Gasteiger partial charge on any atom is -0.397 e. The number of rotatable bonds is 2. The molecule has 15 heavy (non-hydrogen) atoms. The summed E-state index contributed by atoms with van der Waals surface area (Å²) >= 11 is 0. The lowest BCUT2D eigenvalue weighted by Gasteiger charge is -2.16. The second-order valence-corrected chi connectivity index (χ2v) is 3.18. The Morgan fingerprint density at radius 2 is 2.27 bits per heavy atom. The average molecular weight is 211 g/mol. The van der Waals surface area contributed by atoms with Crippen molar-refractivity contribution in [1.82, 2.24) is 4.90 Å². The Hall–Kier alpha value is -1.78.